The molecule has 0 fully saturated rings. The second-order valence-corrected chi connectivity index (χ2v) is 6.99. The molecule has 1 N–H and O–H groups in total. The van der Waals surface area contributed by atoms with Crippen LogP contribution in [0.4, 0.5) is 14.6 Å². The molecule has 0 spiro atoms. The first kappa shape index (κ1) is 17.2. The maximum Gasteiger partial charge on any atom is 0.147 e. The number of alkyl halides is 2. The number of aromatic nitrogens is 3. The van der Waals surface area contributed by atoms with Crippen molar-refractivity contribution in [2.75, 3.05) is 18.7 Å². The Balaban J connectivity index is 2.13. The van der Waals surface area contributed by atoms with E-state index in [9.17, 15) is 8.78 Å². The van der Waals surface area contributed by atoms with Crippen molar-refractivity contribution in [3.63, 3.8) is 0 Å². The molecule has 0 aliphatic heterocycles. The Bertz CT molecular complexity index is 878. The van der Waals surface area contributed by atoms with E-state index in [-0.39, 0.29) is 18.9 Å². The van der Waals surface area contributed by atoms with Crippen molar-refractivity contribution >= 4 is 49.2 Å². The van der Waals surface area contributed by atoms with Gasteiger partial charge in [-0.25, -0.2) is 15.0 Å². The molecule has 0 amide bonds. The van der Waals surface area contributed by atoms with E-state index in [2.05, 4.69) is 20.3 Å². The zero-order valence-corrected chi connectivity index (χ0v) is 14.9. The third-order valence-electron chi connectivity index (χ3n) is 4.00. The molecule has 0 unspecified atom stereocenters. The zero-order valence-electron chi connectivity index (χ0n) is 13.4. The zero-order chi connectivity index (χ0) is 17.3. The lowest BCUT2D eigenvalue weighted by atomic mass is 10.1. The molecule has 0 saturated carbocycles. The Hall–Kier alpha value is -1.60. The summed E-state index contributed by atoms with van der Waals surface area (Å²) < 4.78 is 26.2. The van der Waals surface area contributed by atoms with Gasteiger partial charge in [0.1, 0.15) is 17.0 Å². The van der Waals surface area contributed by atoms with E-state index in [4.69, 9.17) is 11.6 Å². The quantitative estimate of drug-likeness (QED) is 0.662. The predicted octanol–water partition coefficient (Wildman–Crippen LogP) is 5.01. The topological polar surface area (TPSA) is 50.7 Å². The number of rotatable bonds is 6. The average molecular weight is 371 g/mol. The molecule has 0 radical (unpaired) electrons. The van der Waals surface area contributed by atoms with Crippen molar-refractivity contribution in [1.29, 1.82) is 0 Å². The highest BCUT2D eigenvalue weighted by Crippen LogP contribution is 2.39. The standard InChI is InChI=1S/C16H17ClF2N4S/c1-8-11-13-14(24-16(11)22-9(2)12(8)17)15(21-7-20-13)23-10(3-5-18)4-6-19/h7,10H,3-6H2,1-2H3,(H,20,21,23). The Kier molecular flexibility index (Phi) is 5.10. The first-order valence-electron chi connectivity index (χ1n) is 7.65. The van der Waals surface area contributed by atoms with Crippen LogP contribution in [0.5, 0.6) is 0 Å². The number of hydrogen-bond acceptors (Lipinski definition) is 5. The van der Waals surface area contributed by atoms with E-state index in [0.717, 1.165) is 31.7 Å². The molecule has 3 rings (SSSR count). The fourth-order valence-electron chi connectivity index (χ4n) is 2.74. The Morgan fingerprint density at radius 2 is 1.92 bits per heavy atom. The molecular formula is C16H17ClF2N4S. The van der Waals surface area contributed by atoms with Gasteiger partial charge in [-0.2, -0.15) is 0 Å². The lowest BCUT2D eigenvalue weighted by Gasteiger charge is -2.16. The summed E-state index contributed by atoms with van der Waals surface area (Å²) in [4.78, 5) is 14.0. The Labute approximate surface area is 147 Å². The number of anilines is 1. The second-order valence-electron chi connectivity index (χ2n) is 5.61. The van der Waals surface area contributed by atoms with E-state index >= 15 is 0 Å². The van der Waals surface area contributed by atoms with Gasteiger partial charge in [0.25, 0.3) is 0 Å². The highest BCUT2D eigenvalue weighted by molar-refractivity contribution is 7.26. The molecule has 3 aromatic rings. The van der Waals surface area contributed by atoms with E-state index in [0.29, 0.717) is 10.8 Å². The minimum Gasteiger partial charge on any atom is -0.366 e. The van der Waals surface area contributed by atoms with E-state index < -0.39 is 13.3 Å². The number of hydrogen-bond donors (Lipinski definition) is 1. The van der Waals surface area contributed by atoms with Gasteiger partial charge >= 0.3 is 0 Å². The molecule has 0 atom stereocenters. The summed E-state index contributed by atoms with van der Waals surface area (Å²) in [6, 6.07) is -0.303. The van der Waals surface area contributed by atoms with Crippen molar-refractivity contribution < 1.29 is 8.78 Å². The number of aryl methyl sites for hydroxylation is 2. The van der Waals surface area contributed by atoms with Gasteiger partial charge in [0.2, 0.25) is 0 Å². The number of fused-ring (bicyclic) bond motifs is 3. The Morgan fingerprint density at radius 3 is 2.58 bits per heavy atom. The minimum atomic E-state index is -0.506. The Morgan fingerprint density at radius 1 is 1.21 bits per heavy atom. The molecule has 8 heteroatoms. The minimum absolute atomic E-state index is 0.239. The molecule has 4 nitrogen and oxygen atoms in total. The van der Waals surface area contributed by atoms with Crippen molar-refractivity contribution in [2.24, 2.45) is 0 Å². The van der Waals surface area contributed by atoms with Gasteiger partial charge in [-0.1, -0.05) is 11.6 Å². The van der Waals surface area contributed by atoms with Crippen LogP contribution in [0, 0.1) is 13.8 Å². The van der Waals surface area contributed by atoms with Crippen LogP contribution in [-0.4, -0.2) is 34.3 Å². The van der Waals surface area contributed by atoms with Crippen LogP contribution in [0.2, 0.25) is 5.02 Å². The average Bonchev–Trinajstić information content (AvgIpc) is 2.92. The molecule has 0 aliphatic rings. The lowest BCUT2D eigenvalue weighted by Crippen LogP contribution is -2.21. The molecule has 0 aliphatic carbocycles. The number of thiophene rings is 1. The van der Waals surface area contributed by atoms with E-state index in [1.807, 2.05) is 13.8 Å². The van der Waals surface area contributed by atoms with Crippen molar-refractivity contribution in [3.05, 3.63) is 22.6 Å². The number of nitrogens with one attached hydrogen (secondary N) is 1. The SMILES string of the molecule is Cc1nc2sc3c(NC(CCF)CCF)ncnc3c2c(C)c1Cl. The largest absolute Gasteiger partial charge is 0.366 e. The summed E-state index contributed by atoms with van der Waals surface area (Å²) in [6.07, 6.45) is 1.93. The first-order valence-corrected chi connectivity index (χ1v) is 8.84. The first-order chi connectivity index (χ1) is 11.6. The van der Waals surface area contributed by atoms with Gasteiger partial charge in [-0.3, -0.25) is 8.78 Å². The fourth-order valence-corrected chi connectivity index (χ4v) is 4.07. The summed E-state index contributed by atoms with van der Waals surface area (Å²) in [5.74, 6) is 0.586. The summed E-state index contributed by atoms with van der Waals surface area (Å²) in [5.41, 5.74) is 2.46. The maximum absolute atomic E-state index is 12.7. The van der Waals surface area contributed by atoms with Gasteiger partial charge in [0.05, 0.1) is 34.3 Å². The van der Waals surface area contributed by atoms with Gasteiger partial charge < -0.3 is 5.32 Å². The smallest absolute Gasteiger partial charge is 0.147 e. The van der Waals surface area contributed by atoms with Gasteiger partial charge in [0, 0.05) is 11.4 Å². The van der Waals surface area contributed by atoms with Gasteiger partial charge in [-0.05, 0) is 32.3 Å². The van der Waals surface area contributed by atoms with E-state index in [1.165, 1.54) is 17.7 Å². The van der Waals surface area contributed by atoms with Crippen molar-refractivity contribution in [2.45, 2.75) is 32.7 Å². The normalized spacial score (nSPS) is 11.8. The van der Waals surface area contributed by atoms with Crippen LogP contribution >= 0.6 is 22.9 Å². The van der Waals surface area contributed by atoms with Crippen molar-refractivity contribution in [3.8, 4) is 0 Å². The molecular weight excluding hydrogens is 354 g/mol. The third-order valence-corrected chi connectivity index (χ3v) is 5.64. The lowest BCUT2D eigenvalue weighted by molar-refractivity contribution is 0.397. The predicted molar refractivity (Wildman–Crippen MR) is 95.8 cm³/mol. The number of nitrogens with zero attached hydrogens (tertiary/aromatic N) is 3. The number of halogens is 3. The van der Waals surface area contributed by atoms with Crippen molar-refractivity contribution in [1.82, 2.24) is 15.0 Å². The fraction of sp³-hybridized carbons (Fsp3) is 0.438. The van der Waals surface area contributed by atoms with Crippen LogP contribution in [0.3, 0.4) is 0 Å². The third kappa shape index (κ3) is 3.02. The highest BCUT2D eigenvalue weighted by Gasteiger charge is 2.18. The molecule has 0 aromatic carbocycles. The number of pyridine rings is 1. The van der Waals surface area contributed by atoms with Crippen LogP contribution in [0.1, 0.15) is 24.1 Å². The highest BCUT2D eigenvalue weighted by atomic mass is 35.5. The van der Waals surface area contributed by atoms with Gasteiger partial charge in [0.15, 0.2) is 0 Å². The monoisotopic (exact) mass is 370 g/mol. The van der Waals surface area contributed by atoms with Crippen LogP contribution in [0.15, 0.2) is 6.33 Å². The molecule has 3 heterocycles. The molecule has 24 heavy (non-hydrogen) atoms. The van der Waals surface area contributed by atoms with Gasteiger partial charge in [-0.15, -0.1) is 11.3 Å². The second kappa shape index (κ2) is 7.11. The summed E-state index contributed by atoms with van der Waals surface area (Å²) in [5, 5.41) is 4.69. The molecule has 0 saturated heterocycles. The van der Waals surface area contributed by atoms with Crippen LogP contribution in [-0.2, 0) is 0 Å². The van der Waals surface area contributed by atoms with E-state index in [1.54, 1.807) is 0 Å². The van der Waals surface area contributed by atoms with Crippen LogP contribution in [0.25, 0.3) is 20.4 Å². The molecule has 3 aromatic heterocycles. The summed E-state index contributed by atoms with van der Waals surface area (Å²) in [7, 11) is 0. The molecule has 128 valence electrons. The summed E-state index contributed by atoms with van der Waals surface area (Å²) in [6.45, 7) is 2.79. The maximum atomic E-state index is 12.7. The van der Waals surface area contributed by atoms with Crippen LogP contribution < -0.4 is 5.32 Å². The summed E-state index contributed by atoms with van der Waals surface area (Å²) >= 11 is 7.78. The molecule has 0 bridgehead atoms.